The van der Waals surface area contributed by atoms with Crippen LogP contribution in [0, 0.1) is 0 Å². The summed E-state index contributed by atoms with van der Waals surface area (Å²) in [5, 5.41) is 12.3. The number of pyridine rings is 1. The van der Waals surface area contributed by atoms with Gasteiger partial charge in [-0.05, 0) is 65.6 Å². The number of nitrogens with zero attached hydrogens (tertiary/aromatic N) is 5. The zero-order chi connectivity index (χ0) is 22.1. The minimum absolute atomic E-state index is 0.292. The van der Waals surface area contributed by atoms with Crippen molar-refractivity contribution in [2.24, 2.45) is 0 Å². The van der Waals surface area contributed by atoms with E-state index in [1.54, 1.807) is 24.4 Å². The number of fused-ring (bicyclic) bond motifs is 1. The van der Waals surface area contributed by atoms with Gasteiger partial charge in [-0.3, -0.25) is 9.80 Å². The number of rotatable bonds is 6. The molecule has 0 bridgehead atoms. The van der Waals surface area contributed by atoms with E-state index in [2.05, 4.69) is 67.3 Å². The van der Waals surface area contributed by atoms with Crippen LogP contribution in [0.25, 0.3) is 5.82 Å². The topological polar surface area (TPSA) is 66.3 Å². The number of halogens is 2. The first-order valence-corrected chi connectivity index (χ1v) is 11.4. The summed E-state index contributed by atoms with van der Waals surface area (Å²) in [7, 11) is 0. The van der Waals surface area contributed by atoms with Crippen LogP contribution in [-0.4, -0.2) is 43.3 Å². The van der Waals surface area contributed by atoms with Gasteiger partial charge >= 0.3 is 0 Å². The largest absolute Gasteiger partial charge is 0.319 e. The molecule has 4 heterocycles. The van der Waals surface area contributed by atoms with Gasteiger partial charge in [0, 0.05) is 31.0 Å². The van der Waals surface area contributed by atoms with Crippen LogP contribution in [0.4, 0.5) is 0 Å². The molecule has 0 unspecified atom stereocenters. The summed E-state index contributed by atoms with van der Waals surface area (Å²) in [6.45, 7) is 7.25. The number of allylic oxidation sites excluding steroid dienone is 2. The van der Waals surface area contributed by atoms with Crippen LogP contribution in [0.2, 0.25) is 5.02 Å². The molecule has 9 heteroatoms. The second-order valence-corrected chi connectivity index (χ2v) is 8.68. The second-order valence-electron chi connectivity index (χ2n) is 7.46. The number of nitrogens with one attached hydrogen (secondary N) is 1. The molecule has 4 rings (SSSR count). The molecule has 0 atom stereocenters. The van der Waals surface area contributed by atoms with E-state index in [9.17, 15) is 4.79 Å². The first-order chi connectivity index (χ1) is 14.9. The van der Waals surface area contributed by atoms with Gasteiger partial charge in [-0.15, -0.1) is 0 Å². The number of hydrogen-bond acceptors (Lipinski definition) is 5. The Morgan fingerprint density at radius 3 is 2.84 bits per heavy atom. The van der Waals surface area contributed by atoms with E-state index in [0.717, 1.165) is 36.4 Å². The lowest BCUT2D eigenvalue weighted by Crippen LogP contribution is -2.43. The van der Waals surface area contributed by atoms with Gasteiger partial charge in [0.05, 0.1) is 16.4 Å². The number of carbonyl (C=O) groups excluding carboxylic acids is 1. The van der Waals surface area contributed by atoms with Crippen LogP contribution in [0.3, 0.4) is 0 Å². The first-order valence-electron chi connectivity index (χ1n) is 10.3. The Morgan fingerprint density at radius 1 is 1.35 bits per heavy atom. The maximum atomic E-state index is 13.2. The van der Waals surface area contributed by atoms with Gasteiger partial charge < -0.3 is 5.32 Å². The smallest absolute Gasteiger partial charge is 0.274 e. The van der Waals surface area contributed by atoms with Gasteiger partial charge in [0.1, 0.15) is 10.3 Å². The number of hydrazine groups is 1. The summed E-state index contributed by atoms with van der Waals surface area (Å²) in [5.41, 5.74) is 3.20. The molecule has 0 saturated carbocycles. The molecule has 2 aromatic heterocycles. The maximum Gasteiger partial charge on any atom is 0.274 e. The molecule has 1 N–H and O–H groups in total. The van der Waals surface area contributed by atoms with E-state index in [1.807, 2.05) is 13.1 Å². The highest BCUT2D eigenvalue weighted by molar-refractivity contribution is 9.10. The Morgan fingerprint density at radius 2 is 2.13 bits per heavy atom. The third kappa shape index (κ3) is 4.20. The molecule has 0 saturated heterocycles. The van der Waals surface area contributed by atoms with Gasteiger partial charge in [-0.25, -0.2) is 14.7 Å². The van der Waals surface area contributed by atoms with Crippen molar-refractivity contribution in [1.29, 1.82) is 0 Å². The fraction of sp³-hybridized carbons (Fsp3) is 0.318. The van der Waals surface area contributed by atoms with Crippen LogP contribution in [0.15, 0.2) is 64.3 Å². The molecule has 0 aromatic carbocycles. The predicted molar refractivity (Wildman–Crippen MR) is 124 cm³/mol. The Kier molecular flexibility index (Phi) is 6.31. The van der Waals surface area contributed by atoms with Crippen LogP contribution in [-0.2, 0) is 0 Å². The quantitative estimate of drug-likeness (QED) is 0.612. The predicted octanol–water partition coefficient (Wildman–Crippen LogP) is 4.82. The zero-order valence-corrected chi connectivity index (χ0v) is 20.0. The van der Waals surface area contributed by atoms with E-state index in [0.29, 0.717) is 27.2 Å². The van der Waals surface area contributed by atoms with E-state index in [4.69, 9.17) is 11.6 Å². The standard InChI is InChI=1S/C22H24BrClN6O/c1-4-15(5-2)28-10-8-16-11-14(3)18(13-29(16)28)26-22(31)19-12-20(23)27-30(19)21-17(24)7-6-9-25-21/h6-9,11-13,15H,4-5,10H2,1-3H3,(H,26,31). The third-order valence-corrected chi connectivity index (χ3v) is 6.22. The molecule has 7 nitrogen and oxygen atoms in total. The first kappa shape index (κ1) is 21.8. The minimum Gasteiger partial charge on any atom is -0.319 e. The highest BCUT2D eigenvalue weighted by Gasteiger charge is 2.30. The van der Waals surface area contributed by atoms with Crippen molar-refractivity contribution in [1.82, 2.24) is 30.1 Å². The van der Waals surface area contributed by atoms with Crippen molar-refractivity contribution in [2.45, 2.75) is 39.7 Å². The highest BCUT2D eigenvalue weighted by atomic mass is 79.9. The normalized spacial score (nSPS) is 16.2. The lowest BCUT2D eigenvalue weighted by Gasteiger charge is -2.37. The van der Waals surface area contributed by atoms with Crippen molar-refractivity contribution in [3.63, 3.8) is 0 Å². The zero-order valence-electron chi connectivity index (χ0n) is 17.6. The summed E-state index contributed by atoms with van der Waals surface area (Å²) in [4.78, 5) is 17.5. The Bertz CT molecular complexity index is 1100. The van der Waals surface area contributed by atoms with Crippen molar-refractivity contribution >= 4 is 33.4 Å². The second kappa shape index (κ2) is 8.98. The van der Waals surface area contributed by atoms with E-state index >= 15 is 0 Å². The van der Waals surface area contributed by atoms with Crippen molar-refractivity contribution in [2.75, 3.05) is 6.54 Å². The molecule has 0 fully saturated rings. The lowest BCUT2D eigenvalue weighted by molar-refractivity contribution is 0.0356. The maximum absolute atomic E-state index is 13.2. The molecule has 0 radical (unpaired) electrons. The van der Waals surface area contributed by atoms with Crippen LogP contribution < -0.4 is 5.32 Å². The number of amides is 1. The highest BCUT2D eigenvalue weighted by Crippen LogP contribution is 2.30. The average Bonchev–Trinajstić information content (AvgIpc) is 3.33. The summed E-state index contributed by atoms with van der Waals surface area (Å²) in [6, 6.07) is 5.54. The summed E-state index contributed by atoms with van der Waals surface area (Å²) >= 11 is 9.64. The number of hydrogen-bond donors (Lipinski definition) is 1. The fourth-order valence-corrected chi connectivity index (χ4v) is 4.45. The lowest BCUT2D eigenvalue weighted by atomic mass is 10.1. The van der Waals surface area contributed by atoms with Gasteiger partial charge in [0.25, 0.3) is 5.91 Å². The fourth-order valence-electron chi connectivity index (χ4n) is 3.88. The van der Waals surface area contributed by atoms with E-state index in [-0.39, 0.29) is 5.91 Å². The van der Waals surface area contributed by atoms with Crippen molar-refractivity contribution in [3.05, 3.63) is 75.0 Å². The molecule has 162 valence electrons. The van der Waals surface area contributed by atoms with Gasteiger partial charge in [0.15, 0.2) is 5.82 Å². The van der Waals surface area contributed by atoms with Crippen LogP contribution in [0.5, 0.6) is 0 Å². The third-order valence-electron chi connectivity index (χ3n) is 5.53. The van der Waals surface area contributed by atoms with E-state index < -0.39 is 0 Å². The number of carbonyl (C=O) groups is 1. The molecule has 1 amide bonds. The Balaban J connectivity index is 1.62. The molecule has 0 aliphatic carbocycles. The Hall–Kier alpha value is -2.42. The van der Waals surface area contributed by atoms with Gasteiger partial charge in [0.2, 0.25) is 0 Å². The van der Waals surface area contributed by atoms with Crippen molar-refractivity contribution < 1.29 is 4.79 Å². The molecule has 2 aliphatic heterocycles. The minimum atomic E-state index is -0.292. The number of aromatic nitrogens is 3. The van der Waals surface area contributed by atoms with E-state index in [1.165, 1.54) is 4.68 Å². The monoisotopic (exact) mass is 502 g/mol. The molecular weight excluding hydrogens is 480 g/mol. The summed E-state index contributed by atoms with van der Waals surface area (Å²) in [6.07, 6.45) is 10.0. The molecular formula is C22H24BrClN6O. The molecule has 2 aromatic rings. The van der Waals surface area contributed by atoms with Gasteiger partial charge in [-0.2, -0.15) is 5.10 Å². The summed E-state index contributed by atoms with van der Waals surface area (Å²) < 4.78 is 1.97. The SMILES string of the molecule is CCC(CC)N1CC=C2C=C(C)C(NC(=O)c3cc(Br)nn3-c3ncccc3Cl)=CN21. The molecule has 0 spiro atoms. The Labute approximate surface area is 195 Å². The van der Waals surface area contributed by atoms with Crippen LogP contribution >= 0.6 is 27.5 Å². The summed E-state index contributed by atoms with van der Waals surface area (Å²) in [5.74, 6) is 0.106. The molecule has 2 aliphatic rings. The average molecular weight is 504 g/mol. The molecule has 31 heavy (non-hydrogen) atoms. The van der Waals surface area contributed by atoms with Crippen LogP contribution in [0.1, 0.15) is 44.1 Å². The van der Waals surface area contributed by atoms with Crippen molar-refractivity contribution in [3.8, 4) is 5.82 Å². The van der Waals surface area contributed by atoms with Gasteiger partial charge in [-0.1, -0.05) is 25.4 Å².